The van der Waals surface area contributed by atoms with Crippen LogP contribution < -0.4 is 16.2 Å². The number of anilines is 1. The average Bonchev–Trinajstić information content (AvgIpc) is 2.86. The lowest BCUT2D eigenvalue weighted by atomic mass is 10.1. The fourth-order valence-corrected chi connectivity index (χ4v) is 2.17. The third-order valence-electron chi connectivity index (χ3n) is 3.14. The lowest BCUT2D eigenvalue weighted by molar-refractivity contribution is -0.121. The number of rotatable bonds is 2. The summed E-state index contributed by atoms with van der Waals surface area (Å²) >= 11 is 0. The molecule has 2 amide bonds. The zero-order valence-electron chi connectivity index (χ0n) is 10.1. The van der Waals surface area contributed by atoms with Gasteiger partial charge < -0.3 is 5.32 Å². The van der Waals surface area contributed by atoms with Crippen LogP contribution in [0.1, 0.15) is 6.42 Å². The van der Waals surface area contributed by atoms with Gasteiger partial charge in [0.25, 0.3) is 0 Å². The molecular weight excluding hydrogens is 242 g/mol. The van der Waals surface area contributed by atoms with Crippen molar-refractivity contribution in [3.8, 4) is 0 Å². The molecule has 3 rings (SSSR count). The maximum absolute atomic E-state index is 12.0. The van der Waals surface area contributed by atoms with Crippen molar-refractivity contribution in [1.82, 2.24) is 10.9 Å². The normalized spacial score (nSPS) is 18.3. The summed E-state index contributed by atoms with van der Waals surface area (Å²) in [5.41, 5.74) is 5.84. The Morgan fingerprint density at radius 2 is 1.95 bits per heavy atom. The summed E-state index contributed by atoms with van der Waals surface area (Å²) in [4.78, 5) is 23.1. The van der Waals surface area contributed by atoms with Crippen molar-refractivity contribution in [1.29, 1.82) is 0 Å². The topological polar surface area (TPSA) is 70.2 Å². The van der Waals surface area contributed by atoms with E-state index >= 15 is 0 Å². The summed E-state index contributed by atoms with van der Waals surface area (Å²) in [7, 11) is 0. The second-order valence-electron chi connectivity index (χ2n) is 4.47. The first-order valence-electron chi connectivity index (χ1n) is 6.07. The molecule has 0 spiro atoms. The van der Waals surface area contributed by atoms with Crippen LogP contribution in [0, 0.1) is 0 Å². The molecule has 1 saturated heterocycles. The number of nitrogens with one attached hydrogen (secondary N) is 3. The first kappa shape index (κ1) is 11.7. The quantitative estimate of drug-likeness (QED) is 0.754. The molecule has 2 aromatic carbocycles. The van der Waals surface area contributed by atoms with Gasteiger partial charge in [-0.2, -0.15) is 0 Å². The Hall–Kier alpha value is -2.40. The summed E-state index contributed by atoms with van der Waals surface area (Å²) in [6.45, 7) is 0. The summed E-state index contributed by atoms with van der Waals surface area (Å²) in [6.07, 6.45) is 0.163. The third-order valence-corrected chi connectivity index (χ3v) is 3.14. The summed E-state index contributed by atoms with van der Waals surface area (Å²) in [5.74, 6) is -0.382. The van der Waals surface area contributed by atoms with Crippen LogP contribution in [0.15, 0.2) is 42.5 Å². The summed E-state index contributed by atoms with van der Waals surface area (Å²) in [6, 6.07) is 13.0. The number of hydrogen-bond acceptors (Lipinski definition) is 3. The van der Waals surface area contributed by atoms with Gasteiger partial charge in [0.2, 0.25) is 11.8 Å². The average molecular weight is 255 g/mol. The molecule has 1 aliphatic rings. The second kappa shape index (κ2) is 4.70. The van der Waals surface area contributed by atoms with Crippen molar-refractivity contribution in [3.05, 3.63) is 42.5 Å². The Balaban J connectivity index is 1.85. The first-order chi connectivity index (χ1) is 9.24. The molecule has 0 bridgehead atoms. The highest BCUT2D eigenvalue weighted by molar-refractivity contribution is 6.05. The van der Waals surface area contributed by atoms with Gasteiger partial charge in [0, 0.05) is 11.1 Å². The van der Waals surface area contributed by atoms with Crippen molar-refractivity contribution in [2.45, 2.75) is 12.5 Å². The minimum Gasteiger partial charge on any atom is -0.324 e. The van der Waals surface area contributed by atoms with Gasteiger partial charge in [0.15, 0.2) is 0 Å². The van der Waals surface area contributed by atoms with Gasteiger partial charge >= 0.3 is 0 Å². The first-order valence-corrected chi connectivity index (χ1v) is 6.07. The predicted octanol–water partition coefficient (Wildman–Crippen LogP) is 1.17. The lowest BCUT2D eigenvalue weighted by Gasteiger charge is -2.11. The summed E-state index contributed by atoms with van der Waals surface area (Å²) < 4.78 is 0. The molecule has 1 fully saturated rings. The number of carbonyl (C=O) groups excluding carboxylic acids is 2. The standard InChI is InChI=1S/C14H13N3O2/c18-13-8-12(16-17-13)14(19)15-11-7-3-5-9-4-1-2-6-10(9)11/h1-7,12,16H,8H2,(H,15,19)(H,17,18). The largest absolute Gasteiger partial charge is 0.324 e. The number of hydrazine groups is 1. The molecule has 0 aliphatic carbocycles. The van der Waals surface area contributed by atoms with Crippen LogP contribution in [-0.2, 0) is 9.59 Å². The van der Waals surface area contributed by atoms with E-state index < -0.39 is 6.04 Å². The smallest absolute Gasteiger partial charge is 0.243 e. The zero-order chi connectivity index (χ0) is 13.2. The molecule has 19 heavy (non-hydrogen) atoms. The Kier molecular flexibility index (Phi) is 2.89. The van der Waals surface area contributed by atoms with Crippen LogP contribution in [0.2, 0.25) is 0 Å². The Bertz CT molecular complexity index is 649. The van der Waals surface area contributed by atoms with E-state index in [-0.39, 0.29) is 18.2 Å². The van der Waals surface area contributed by atoms with Crippen molar-refractivity contribution >= 4 is 28.3 Å². The second-order valence-corrected chi connectivity index (χ2v) is 4.47. The number of carbonyl (C=O) groups is 2. The Morgan fingerprint density at radius 3 is 2.74 bits per heavy atom. The summed E-state index contributed by atoms with van der Waals surface area (Å²) in [5, 5.41) is 4.90. The van der Waals surface area contributed by atoms with Crippen molar-refractivity contribution in [2.24, 2.45) is 0 Å². The molecule has 0 aromatic heterocycles. The van der Waals surface area contributed by atoms with Gasteiger partial charge in [-0.3, -0.25) is 15.0 Å². The van der Waals surface area contributed by atoms with Gasteiger partial charge in [-0.1, -0.05) is 36.4 Å². The molecule has 0 radical (unpaired) electrons. The fourth-order valence-electron chi connectivity index (χ4n) is 2.17. The SMILES string of the molecule is O=C1CC(C(=O)Nc2cccc3ccccc23)NN1. The number of fused-ring (bicyclic) bond motifs is 1. The molecule has 0 saturated carbocycles. The maximum atomic E-state index is 12.0. The fraction of sp³-hybridized carbons (Fsp3) is 0.143. The van der Waals surface area contributed by atoms with E-state index in [9.17, 15) is 9.59 Å². The molecule has 96 valence electrons. The lowest BCUT2D eigenvalue weighted by Crippen LogP contribution is -2.39. The highest BCUT2D eigenvalue weighted by Gasteiger charge is 2.27. The molecule has 2 aromatic rings. The minimum absolute atomic E-state index is 0.163. The van der Waals surface area contributed by atoms with E-state index in [0.717, 1.165) is 16.5 Å². The molecule has 1 aliphatic heterocycles. The van der Waals surface area contributed by atoms with Crippen molar-refractivity contribution < 1.29 is 9.59 Å². The van der Waals surface area contributed by atoms with Crippen LogP contribution in [0.4, 0.5) is 5.69 Å². The molecule has 1 heterocycles. The van der Waals surface area contributed by atoms with E-state index in [4.69, 9.17) is 0 Å². The van der Waals surface area contributed by atoms with Crippen molar-refractivity contribution in [2.75, 3.05) is 5.32 Å². The van der Waals surface area contributed by atoms with Crippen LogP contribution in [0.5, 0.6) is 0 Å². The highest BCUT2D eigenvalue weighted by Crippen LogP contribution is 2.23. The van der Waals surface area contributed by atoms with E-state index in [1.807, 2.05) is 42.5 Å². The highest BCUT2D eigenvalue weighted by atomic mass is 16.2. The number of benzene rings is 2. The van der Waals surface area contributed by atoms with Crippen LogP contribution in [0.3, 0.4) is 0 Å². The molecule has 5 heteroatoms. The molecule has 3 N–H and O–H groups in total. The zero-order valence-corrected chi connectivity index (χ0v) is 10.1. The van der Waals surface area contributed by atoms with E-state index in [0.29, 0.717) is 0 Å². The Morgan fingerprint density at radius 1 is 1.16 bits per heavy atom. The third kappa shape index (κ3) is 2.28. The van der Waals surface area contributed by atoms with E-state index in [1.165, 1.54) is 0 Å². The Labute approximate surface area is 110 Å². The molecule has 1 atom stereocenters. The van der Waals surface area contributed by atoms with Gasteiger partial charge in [0.1, 0.15) is 6.04 Å². The van der Waals surface area contributed by atoms with Crippen LogP contribution in [0.25, 0.3) is 10.8 Å². The maximum Gasteiger partial charge on any atom is 0.243 e. The van der Waals surface area contributed by atoms with Gasteiger partial charge in [-0.05, 0) is 11.5 Å². The monoisotopic (exact) mass is 255 g/mol. The van der Waals surface area contributed by atoms with Gasteiger partial charge in [0.05, 0.1) is 6.42 Å². The van der Waals surface area contributed by atoms with E-state index in [1.54, 1.807) is 0 Å². The minimum atomic E-state index is -0.522. The van der Waals surface area contributed by atoms with Crippen molar-refractivity contribution in [3.63, 3.8) is 0 Å². The predicted molar refractivity (Wildman–Crippen MR) is 72.3 cm³/mol. The van der Waals surface area contributed by atoms with Crippen LogP contribution >= 0.6 is 0 Å². The van der Waals surface area contributed by atoms with Gasteiger partial charge in [-0.25, -0.2) is 5.43 Å². The van der Waals surface area contributed by atoms with Crippen LogP contribution in [-0.4, -0.2) is 17.9 Å². The molecule has 5 nitrogen and oxygen atoms in total. The molecule has 1 unspecified atom stereocenters. The number of amides is 2. The van der Waals surface area contributed by atoms with E-state index in [2.05, 4.69) is 16.2 Å². The van der Waals surface area contributed by atoms with Gasteiger partial charge in [-0.15, -0.1) is 0 Å². The number of hydrogen-bond donors (Lipinski definition) is 3. The molecular formula is C14H13N3O2.